The number of rotatable bonds is 11. The molecule has 0 radical (unpaired) electrons. The van der Waals surface area contributed by atoms with E-state index in [0.717, 1.165) is 20.8 Å². The number of amides is 1. The van der Waals surface area contributed by atoms with Crippen LogP contribution in [0.1, 0.15) is 40.2 Å². The lowest BCUT2D eigenvalue weighted by Gasteiger charge is -2.40. The van der Waals surface area contributed by atoms with Gasteiger partial charge in [0.05, 0.1) is 6.61 Å². The number of ether oxygens (including phenoxy) is 7. The summed E-state index contributed by atoms with van der Waals surface area (Å²) in [7, 11) is 1.25. The number of esters is 4. The maximum absolute atomic E-state index is 13.1. The van der Waals surface area contributed by atoms with Gasteiger partial charge in [-0.15, -0.1) is 0 Å². The largest absolute Gasteiger partial charge is 0.464 e. The molecule has 1 aliphatic heterocycles. The second-order valence-electron chi connectivity index (χ2n) is 8.48. The average molecular weight is 540 g/mol. The molecule has 1 N–H and O–H groups in total. The van der Waals surface area contributed by atoms with Crippen LogP contribution >= 0.6 is 0 Å². The Morgan fingerprint density at radius 2 is 1.55 bits per heavy atom. The van der Waals surface area contributed by atoms with Crippen LogP contribution in [0.3, 0.4) is 0 Å². The summed E-state index contributed by atoms with van der Waals surface area (Å²) < 4.78 is 37.7. The van der Waals surface area contributed by atoms with Crippen LogP contribution in [-0.2, 0) is 58.9 Å². The van der Waals surface area contributed by atoms with Gasteiger partial charge in [-0.1, -0.05) is 30.3 Å². The van der Waals surface area contributed by atoms with E-state index in [4.69, 9.17) is 33.2 Å². The number of alkyl carbamates (subject to hydrolysis) is 1. The molecule has 0 aromatic heterocycles. The first kappa shape index (κ1) is 30.5. The Bertz CT molecular complexity index is 999. The number of carbonyl (C=O) groups is 5. The highest BCUT2D eigenvalue weighted by Crippen LogP contribution is 2.38. The van der Waals surface area contributed by atoms with Gasteiger partial charge in [0.1, 0.15) is 12.7 Å². The fraction of sp³-hybridized carbons (Fsp3) is 0.560. The third-order valence-electron chi connectivity index (χ3n) is 5.51. The highest BCUT2D eigenvalue weighted by molar-refractivity contribution is 5.83. The number of benzene rings is 1. The predicted octanol–water partition coefficient (Wildman–Crippen LogP) is 1.40. The van der Waals surface area contributed by atoms with E-state index in [1.165, 1.54) is 21.0 Å². The van der Waals surface area contributed by atoms with E-state index >= 15 is 0 Å². The summed E-state index contributed by atoms with van der Waals surface area (Å²) in [5, 5.41) is 2.38. The molecule has 38 heavy (non-hydrogen) atoms. The molecule has 1 aliphatic rings. The smallest absolute Gasteiger partial charge is 0.408 e. The number of carbonyl (C=O) groups excluding carboxylic acids is 5. The molecular weight excluding hydrogens is 506 g/mol. The second-order valence-corrected chi connectivity index (χ2v) is 8.48. The van der Waals surface area contributed by atoms with Crippen LogP contribution in [0, 0.1) is 0 Å². The molecule has 1 aromatic carbocycles. The molecule has 13 nitrogen and oxygen atoms in total. The van der Waals surface area contributed by atoms with Crippen molar-refractivity contribution in [2.45, 2.75) is 77.5 Å². The van der Waals surface area contributed by atoms with Gasteiger partial charge in [-0.25, -0.2) is 9.59 Å². The van der Waals surface area contributed by atoms with Crippen molar-refractivity contribution in [1.29, 1.82) is 0 Å². The zero-order chi connectivity index (χ0) is 28.5. The van der Waals surface area contributed by atoms with Gasteiger partial charge in [0, 0.05) is 27.9 Å². The van der Waals surface area contributed by atoms with E-state index < -0.39 is 66.2 Å². The van der Waals surface area contributed by atoms with Gasteiger partial charge in [-0.2, -0.15) is 0 Å². The molecule has 0 bridgehead atoms. The van der Waals surface area contributed by atoms with E-state index in [0.29, 0.717) is 5.56 Å². The Labute approximate surface area is 220 Å². The Balaban J connectivity index is 2.49. The lowest BCUT2D eigenvalue weighted by Crippen LogP contribution is -2.66. The second kappa shape index (κ2) is 13.7. The van der Waals surface area contributed by atoms with Gasteiger partial charge in [0.2, 0.25) is 0 Å². The minimum atomic E-state index is -2.07. The Morgan fingerprint density at radius 1 is 0.947 bits per heavy atom. The SMILES string of the molecule is CCOC(=O)[C@H](NC(=O)OCc1ccccc1)[C@@](C)(OC(C)=O)[C@H]1O[C@@H](OC)[C@H](OC(C)=O)[C@@H]1OC(C)=O. The molecule has 0 unspecified atom stereocenters. The van der Waals surface area contributed by atoms with Gasteiger partial charge in [0.25, 0.3) is 0 Å². The standard InChI is InChI=1S/C25H33NO12/c1-7-33-22(30)20(26-24(31)34-13-17-11-9-8-10-12-17)25(5,38-16(4)29)21-18(35-14(2)27)19(36-15(3)28)23(32-6)37-21/h8-12,18-21,23H,7,13H2,1-6H3,(H,26,31)/t18-,19+,20-,21-,23+,25+/m0/s1. The maximum atomic E-state index is 13.1. The van der Waals surface area contributed by atoms with Crippen molar-refractivity contribution in [2.75, 3.05) is 13.7 Å². The minimum absolute atomic E-state index is 0.0815. The summed E-state index contributed by atoms with van der Waals surface area (Å²) in [6, 6.07) is 7.06. The maximum Gasteiger partial charge on any atom is 0.408 e. The molecule has 13 heteroatoms. The molecule has 1 fully saturated rings. The van der Waals surface area contributed by atoms with E-state index in [1.54, 1.807) is 30.3 Å². The van der Waals surface area contributed by atoms with E-state index in [2.05, 4.69) is 5.32 Å². The Kier molecular flexibility index (Phi) is 11.0. The number of hydrogen-bond donors (Lipinski definition) is 1. The van der Waals surface area contributed by atoms with Gasteiger partial charge in [-0.05, 0) is 19.4 Å². The van der Waals surface area contributed by atoms with E-state index in [-0.39, 0.29) is 13.2 Å². The molecule has 6 atom stereocenters. The molecule has 1 heterocycles. The first-order chi connectivity index (χ1) is 17.9. The topological polar surface area (TPSA) is 162 Å². The fourth-order valence-electron chi connectivity index (χ4n) is 4.05. The van der Waals surface area contributed by atoms with Crippen molar-refractivity contribution in [1.82, 2.24) is 5.32 Å². The summed E-state index contributed by atoms with van der Waals surface area (Å²) in [6.45, 7) is 5.91. The first-order valence-electron chi connectivity index (χ1n) is 11.8. The summed E-state index contributed by atoms with van der Waals surface area (Å²) in [5.41, 5.74) is -1.39. The summed E-state index contributed by atoms with van der Waals surface area (Å²) in [4.78, 5) is 61.9. The van der Waals surface area contributed by atoms with Crippen molar-refractivity contribution < 1.29 is 57.1 Å². The lowest BCUT2D eigenvalue weighted by molar-refractivity contribution is -0.212. The molecule has 1 aromatic rings. The zero-order valence-corrected chi connectivity index (χ0v) is 22.1. The molecular formula is C25H33NO12. The van der Waals surface area contributed by atoms with Crippen LogP contribution in [-0.4, -0.2) is 79.9 Å². The molecule has 1 amide bonds. The van der Waals surface area contributed by atoms with Gasteiger partial charge in [-0.3, -0.25) is 14.4 Å². The Hall–Kier alpha value is -3.71. The van der Waals surface area contributed by atoms with Crippen LogP contribution in [0.2, 0.25) is 0 Å². The van der Waals surface area contributed by atoms with Crippen LogP contribution in [0.25, 0.3) is 0 Å². The lowest BCUT2D eigenvalue weighted by atomic mass is 9.85. The average Bonchev–Trinajstić information content (AvgIpc) is 3.17. The van der Waals surface area contributed by atoms with Gasteiger partial charge < -0.3 is 38.5 Å². The number of methoxy groups -OCH3 is 1. The molecule has 0 spiro atoms. The quantitative estimate of drug-likeness (QED) is 0.318. The van der Waals surface area contributed by atoms with Crippen molar-refractivity contribution in [3.63, 3.8) is 0 Å². The third kappa shape index (κ3) is 7.89. The van der Waals surface area contributed by atoms with Crippen molar-refractivity contribution in [2.24, 2.45) is 0 Å². The minimum Gasteiger partial charge on any atom is -0.464 e. The van der Waals surface area contributed by atoms with Crippen molar-refractivity contribution >= 4 is 30.0 Å². The number of hydrogen-bond acceptors (Lipinski definition) is 12. The highest BCUT2D eigenvalue weighted by Gasteiger charge is 2.62. The molecule has 2 rings (SSSR count). The van der Waals surface area contributed by atoms with Crippen LogP contribution in [0.4, 0.5) is 4.79 Å². The van der Waals surface area contributed by atoms with E-state index in [9.17, 15) is 24.0 Å². The van der Waals surface area contributed by atoms with Gasteiger partial charge >= 0.3 is 30.0 Å². The van der Waals surface area contributed by atoms with Gasteiger partial charge in [0.15, 0.2) is 30.1 Å². The number of nitrogens with one attached hydrogen (secondary N) is 1. The molecule has 210 valence electrons. The monoisotopic (exact) mass is 539 g/mol. The fourth-order valence-corrected chi connectivity index (χ4v) is 4.05. The van der Waals surface area contributed by atoms with Crippen LogP contribution < -0.4 is 5.32 Å². The molecule has 0 saturated carbocycles. The normalized spacial score (nSPS) is 22.8. The summed E-state index contributed by atoms with van der Waals surface area (Å²) >= 11 is 0. The zero-order valence-electron chi connectivity index (χ0n) is 22.1. The molecule has 0 aliphatic carbocycles. The summed E-state index contributed by atoms with van der Waals surface area (Å²) in [5.74, 6) is -3.39. The Morgan fingerprint density at radius 3 is 2.08 bits per heavy atom. The van der Waals surface area contributed by atoms with E-state index in [1.807, 2.05) is 0 Å². The van der Waals surface area contributed by atoms with Crippen LogP contribution in [0.5, 0.6) is 0 Å². The molecule has 1 saturated heterocycles. The van der Waals surface area contributed by atoms with Crippen molar-refractivity contribution in [3.8, 4) is 0 Å². The summed E-state index contributed by atoms with van der Waals surface area (Å²) in [6.07, 6.45) is -6.50. The highest BCUT2D eigenvalue weighted by atomic mass is 16.7. The van der Waals surface area contributed by atoms with Crippen LogP contribution in [0.15, 0.2) is 30.3 Å². The first-order valence-corrected chi connectivity index (χ1v) is 11.8. The van der Waals surface area contributed by atoms with Crippen molar-refractivity contribution in [3.05, 3.63) is 35.9 Å². The third-order valence-corrected chi connectivity index (χ3v) is 5.51. The predicted molar refractivity (Wildman–Crippen MR) is 127 cm³/mol.